The fourth-order valence-corrected chi connectivity index (χ4v) is 4.02. The molecule has 2 aliphatic heterocycles. The van der Waals surface area contributed by atoms with Crippen LogP contribution in [0.2, 0.25) is 5.02 Å². The van der Waals surface area contributed by atoms with E-state index in [1.165, 1.54) is 0 Å². The smallest absolute Gasteiger partial charge is 0.155 e. The van der Waals surface area contributed by atoms with Gasteiger partial charge in [0.05, 0.1) is 35.6 Å². The largest absolute Gasteiger partial charge is 0.381 e. The Morgan fingerprint density at radius 2 is 2.10 bits per heavy atom. The average Bonchev–Trinajstić information content (AvgIpc) is 3.30. The van der Waals surface area contributed by atoms with Gasteiger partial charge in [0.1, 0.15) is 5.82 Å². The minimum atomic E-state index is -0.0616. The van der Waals surface area contributed by atoms with E-state index in [0.29, 0.717) is 22.3 Å². The van der Waals surface area contributed by atoms with Crippen LogP contribution in [0.1, 0.15) is 31.4 Å². The molecule has 4 rings (SSSR count). The highest BCUT2D eigenvalue weighted by atomic mass is 35.5. The van der Waals surface area contributed by atoms with Crippen molar-refractivity contribution in [2.24, 2.45) is 5.92 Å². The number of carbonyl (C=O) groups is 1. The van der Waals surface area contributed by atoms with Crippen molar-refractivity contribution in [3.8, 4) is 11.3 Å². The summed E-state index contributed by atoms with van der Waals surface area (Å²) in [5.74, 6) is 1.47. The first kappa shape index (κ1) is 20.2. The predicted molar refractivity (Wildman–Crippen MR) is 112 cm³/mol. The van der Waals surface area contributed by atoms with E-state index < -0.39 is 0 Å². The van der Waals surface area contributed by atoms with Crippen molar-refractivity contribution in [2.75, 3.05) is 31.6 Å². The molecule has 0 radical (unpaired) electrons. The first-order valence-electron chi connectivity index (χ1n) is 10.2. The highest BCUT2D eigenvalue weighted by Gasteiger charge is 2.22. The van der Waals surface area contributed by atoms with Crippen molar-refractivity contribution in [1.82, 2.24) is 20.3 Å². The van der Waals surface area contributed by atoms with E-state index in [-0.39, 0.29) is 18.2 Å². The Labute approximate surface area is 175 Å². The maximum Gasteiger partial charge on any atom is 0.155 e. The molecule has 2 saturated heterocycles. The molecule has 2 aliphatic rings. The van der Waals surface area contributed by atoms with Crippen LogP contribution in [0.3, 0.4) is 0 Å². The van der Waals surface area contributed by atoms with Gasteiger partial charge in [-0.05, 0) is 44.2 Å². The van der Waals surface area contributed by atoms with Gasteiger partial charge in [-0.3, -0.25) is 14.8 Å². The minimum Gasteiger partial charge on any atom is -0.381 e. The maximum absolute atomic E-state index is 12.5. The molecule has 154 valence electrons. The summed E-state index contributed by atoms with van der Waals surface area (Å²) >= 11 is 6.38. The summed E-state index contributed by atoms with van der Waals surface area (Å²) in [6, 6.07) is 1.79. The van der Waals surface area contributed by atoms with Crippen molar-refractivity contribution in [3.05, 3.63) is 35.4 Å². The summed E-state index contributed by atoms with van der Waals surface area (Å²) in [7, 11) is 0. The number of rotatable bonds is 7. The minimum absolute atomic E-state index is 0.0616. The Balaban J connectivity index is 1.46. The highest BCUT2D eigenvalue weighted by Crippen LogP contribution is 2.27. The van der Waals surface area contributed by atoms with Gasteiger partial charge in [-0.25, -0.2) is 4.98 Å². The van der Waals surface area contributed by atoms with Gasteiger partial charge < -0.3 is 15.4 Å². The molecule has 0 spiro atoms. The van der Waals surface area contributed by atoms with Crippen LogP contribution in [0.25, 0.3) is 11.3 Å². The van der Waals surface area contributed by atoms with E-state index in [2.05, 4.69) is 25.6 Å². The van der Waals surface area contributed by atoms with Crippen molar-refractivity contribution in [3.63, 3.8) is 0 Å². The monoisotopic (exact) mass is 415 g/mol. The Morgan fingerprint density at radius 3 is 2.90 bits per heavy atom. The molecule has 0 bridgehead atoms. The fourth-order valence-electron chi connectivity index (χ4n) is 3.82. The molecule has 0 saturated carbocycles. The molecule has 8 heteroatoms. The second-order valence-electron chi connectivity index (χ2n) is 7.67. The number of hydrogen-bond acceptors (Lipinski definition) is 7. The Hall–Kier alpha value is -2.09. The van der Waals surface area contributed by atoms with Crippen LogP contribution in [0, 0.1) is 5.92 Å². The van der Waals surface area contributed by atoms with Crippen LogP contribution in [-0.4, -0.2) is 53.1 Å². The number of nitrogens with zero attached hydrogens (tertiary/aromatic N) is 3. The number of aromatic nitrogens is 3. The standard InChI is InChI=1S/C21H26ClN5O2/c22-17-11-25-15(9-20(28)18-2-1-5-24-18)8-16(17)19-12-23-13-21(27-19)26-10-14-3-6-29-7-4-14/h8,11-14,18,24H,1-7,9-10H2,(H,26,27)/t18-/m0/s1. The van der Waals surface area contributed by atoms with Crippen molar-refractivity contribution in [1.29, 1.82) is 0 Å². The van der Waals surface area contributed by atoms with Crippen LogP contribution >= 0.6 is 11.6 Å². The summed E-state index contributed by atoms with van der Waals surface area (Å²) in [5.41, 5.74) is 2.11. The molecule has 0 unspecified atom stereocenters. The molecule has 2 aromatic heterocycles. The van der Waals surface area contributed by atoms with Crippen molar-refractivity contribution >= 4 is 23.2 Å². The number of ketones is 1. The van der Waals surface area contributed by atoms with Gasteiger partial charge in [0, 0.05) is 37.2 Å². The third kappa shape index (κ3) is 5.29. The summed E-state index contributed by atoms with van der Waals surface area (Å²) < 4.78 is 5.41. The molecule has 2 N–H and O–H groups in total. The Kier molecular flexibility index (Phi) is 6.69. The van der Waals surface area contributed by atoms with Crippen LogP contribution < -0.4 is 10.6 Å². The lowest BCUT2D eigenvalue weighted by Crippen LogP contribution is -2.32. The van der Waals surface area contributed by atoms with Gasteiger partial charge in [0.2, 0.25) is 0 Å². The molecular weight excluding hydrogens is 390 g/mol. The van der Waals surface area contributed by atoms with Crippen molar-refractivity contribution in [2.45, 2.75) is 38.1 Å². The topological polar surface area (TPSA) is 89.0 Å². The molecule has 0 aromatic carbocycles. The molecule has 0 aliphatic carbocycles. The van der Waals surface area contributed by atoms with E-state index in [4.69, 9.17) is 16.3 Å². The SMILES string of the molecule is O=C(Cc1cc(-c2cncc(NCC3CCOCC3)n2)c(Cl)cn1)[C@@H]1CCCN1. The number of halogens is 1. The van der Waals surface area contributed by atoms with Gasteiger partial charge in [0.25, 0.3) is 0 Å². The molecule has 29 heavy (non-hydrogen) atoms. The summed E-state index contributed by atoms with van der Waals surface area (Å²) in [4.78, 5) is 25.8. The predicted octanol–water partition coefficient (Wildman–Crippen LogP) is 2.89. The van der Waals surface area contributed by atoms with Gasteiger partial charge >= 0.3 is 0 Å². The molecule has 0 amide bonds. The van der Waals surface area contributed by atoms with Crippen molar-refractivity contribution < 1.29 is 9.53 Å². The molecule has 1 atom stereocenters. The quantitative estimate of drug-likeness (QED) is 0.718. The fraction of sp³-hybridized carbons (Fsp3) is 0.524. The molecule has 2 fully saturated rings. The number of pyridine rings is 1. The maximum atomic E-state index is 12.5. The van der Waals surface area contributed by atoms with E-state index in [1.807, 2.05) is 6.07 Å². The third-order valence-corrected chi connectivity index (χ3v) is 5.84. The first-order chi connectivity index (χ1) is 14.2. The van der Waals surface area contributed by atoms with Crippen LogP contribution in [0.4, 0.5) is 5.82 Å². The molecular formula is C21H26ClN5O2. The Morgan fingerprint density at radius 1 is 1.24 bits per heavy atom. The molecule has 4 heterocycles. The lowest BCUT2D eigenvalue weighted by molar-refractivity contribution is -0.120. The zero-order valence-corrected chi connectivity index (χ0v) is 17.1. The van der Waals surface area contributed by atoms with Gasteiger partial charge in [0.15, 0.2) is 5.78 Å². The first-order valence-corrected chi connectivity index (χ1v) is 10.6. The molecule has 7 nitrogen and oxygen atoms in total. The van der Waals surface area contributed by atoms with E-state index in [0.717, 1.165) is 63.4 Å². The number of carbonyl (C=O) groups excluding carboxylic acids is 1. The second kappa shape index (κ2) is 9.61. The number of hydrogen-bond donors (Lipinski definition) is 2. The van der Waals surface area contributed by atoms with Gasteiger partial charge in [-0.1, -0.05) is 11.6 Å². The number of Topliss-reactive ketones (excluding diaryl/α,β-unsaturated/α-hetero) is 1. The van der Waals surface area contributed by atoms with Crippen LogP contribution in [-0.2, 0) is 16.0 Å². The zero-order valence-electron chi connectivity index (χ0n) is 16.4. The van der Waals surface area contributed by atoms with Gasteiger partial charge in [-0.2, -0.15) is 0 Å². The summed E-state index contributed by atoms with van der Waals surface area (Å²) in [5, 5.41) is 7.11. The number of anilines is 1. The summed E-state index contributed by atoms with van der Waals surface area (Å²) in [6.07, 6.45) is 9.33. The van der Waals surface area contributed by atoms with E-state index in [1.54, 1.807) is 18.6 Å². The lowest BCUT2D eigenvalue weighted by Gasteiger charge is -2.22. The zero-order chi connectivity index (χ0) is 20.1. The molecule has 2 aromatic rings. The number of ether oxygens (including phenoxy) is 1. The van der Waals surface area contributed by atoms with Gasteiger partial charge in [-0.15, -0.1) is 0 Å². The second-order valence-corrected chi connectivity index (χ2v) is 8.08. The lowest BCUT2D eigenvalue weighted by atomic mass is 10.0. The summed E-state index contributed by atoms with van der Waals surface area (Å²) in [6.45, 7) is 3.39. The van der Waals surface area contributed by atoms with Crippen LogP contribution in [0.5, 0.6) is 0 Å². The number of nitrogens with one attached hydrogen (secondary N) is 2. The highest BCUT2D eigenvalue weighted by molar-refractivity contribution is 6.33. The van der Waals surface area contributed by atoms with E-state index in [9.17, 15) is 4.79 Å². The average molecular weight is 416 g/mol. The third-order valence-electron chi connectivity index (χ3n) is 5.54. The van der Waals surface area contributed by atoms with E-state index >= 15 is 0 Å². The van der Waals surface area contributed by atoms with Crippen LogP contribution in [0.15, 0.2) is 24.7 Å². The normalized spacial score (nSPS) is 20.0. The Bertz CT molecular complexity index is 851.